The topological polar surface area (TPSA) is 63.2 Å². The highest BCUT2D eigenvalue weighted by Crippen LogP contribution is 2.15. The molecular formula is C18H17ClN4O. The maximum Gasteiger partial charge on any atom is 0.181 e. The van der Waals surface area contributed by atoms with E-state index in [1.807, 2.05) is 48.5 Å². The molecule has 122 valence electrons. The van der Waals surface area contributed by atoms with E-state index in [9.17, 15) is 0 Å². The van der Waals surface area contributed by atoms with Crippen molar-refractivity contribution in [2.24, 2.45) is 5.16 Å². The average Bonchev–Trinajstić information content (AvgIpc) is 3.06. The quantitative estimate of drug-likeness (QED) is 0.418. The first-order valence-electron chi connectivity index (χ1n) is 7.60. The number of rotatable bonds is 6. The molecule has 6 heteroatoms. The molecule has 0 saturated heterocycles. The molecule has 0 radical (unpaired) electrons. The number of aromatic nitrogens is 3. The summed E-state index contributed by atoms with van der Waals surface area (Å²) in [5.74, 6) is 1.46. The van der Waals surface area contributed by atoms with E-state index in [2.05, 4.69) is 27.3 Å². The maximum absolute atomic E-state index is 5.83. The molecule has 3 rings (SSSR count). The third kappa shape index (κ3) is 4.43. The molecule has 0 fully saturated rings. The summed E-state index contributed by atoms with van der Waals surface area (Å²) in [5, 5.41) is 11.8. The Morgan fingerprint density at radius 1 is 1.12 bits per heavy atom. The van der Waals surface area contributed by atoms with Crippen LogP contribution in [0.3, 0.4) is 0 Å². The van der Waals surface area contributed by atoms with Crippen molar-refractivity contribution in [3.63, 3.8) is 0 Å². The number of H-pyrrole nitrogens is 1. The van der Waals surface area contributed by atoms with Gasteiger partial charge in [-0.1, -0.05) is 58.7 Å². The molecule has 1 N–H and O–H groups in total. The van der Waals surface area contributed by atoms with Crippen LogP contribution in [-0.2, 0) is 11.3 Å². The van der Waals surface area contributed by atoms with Gasteiger partial charge in [0.05, 0.1) is 6.21 Å². The van der Waals surface area contributed by atoms with Crippen LogP contribution >= 0.6 is 11.6 Å². The molecule has 0 atom stereocenters. The lowest BCUT2D eigenvalue weighted by atomic mass is 10.1. The second-order valence-electron chi connectivity index (χ2n) is 5.34. The highest BCUT2D eigenvalue weighted by atomic mass is 35.5. The third-order valence-corrected chi connectivity index (χ3v) is 3.67. The van der Waals surface area contributed by atoms with Crippen molar-refractivity contribution in [2.45, 2.75) is 13.3 Å². The summed E-state index contributed by atoms with van der Waals surface area (Å²) in [4.78, 5) is 9.71. The highest BCUT2D eigenvalue weighted by molar-refractivity contribution is 6.30. The first-order valence-corrected chi connectivity index (χ1v) is 7.98. The molecule has 0 amide bonds. The van der Waals surface area contributed by atoms with Crippen LogP contribution in [0, 0.1) is 6.92 Å². The fourth-order valence-electron chi connectivity index (χ4n) is 2.08. The largest absolute Gasteiger partial charge is 0.395 e. The maximum atomic E-state index is 5.83. The lowest BCUT2D eigenvalue weighted by Crippen LogP contribution is -1.96. The molecule has 0 unspecified atom stereocenters. The Kier molecular flexibility index (Phi) is 5.23. The zero-order chi connectivity index (χ0) is 16.8. The van der Waals surface area contributed by atoms with Crippen molar-refractivity contribution >= 4 is 17.8 Å². The number of hydrogen-bond donors (Lipinski definition) is 1. The van der Waals surface area contributed by atoms with E-state index in [0.29, 0.717) is 23.9 Å². The molecular weight excluding hydrogens is 324 g/mol. The van der Waals surface area contributed by atoms with Gasteiger partial charge in [-0.05, 0) is 24.6 Å². The van der Waals surface area contributed by atoms with Gasteiger partial charge in [-0.3, -0.25) is 5.10 Å². The monoisotopic (exact) mass is 340 g/mol. The van der Waals surface area contributed by atoms with Crippen LogP contribution in [-0.4, -0.2) is 28.0 Å². The average molecular weight is 341 g/mol. The SMILES string of the molecule is Cc1ccc(-c2n[nH]c(CCO/N=C/c3ccc(Cl)cc3)n2)cc1. The van der Waals surface area contributed by atoms with Gasteiger partial charge in [0.15, 0.2) is 5.82 Å². The summed E-state index contributed by atoms with van der Waals surface area (Å²) in [5.41, 5.74) is 3.13. The molecule has 3 aromatic rings. The van der Waals surface area contributed by atoms with Crippen LogP contribution in [0.5, 0.6) is 0 Å². The van der Waals surface area contributed by atoms with Gasteiger partial charge in [0, 0.05) is 17.0 Å². The first kappa shape index (κ1) is 16.2. The number of nitrogens with one attached hydrogen (secondary N) is 1. The van der Waals surface area contributed by atoms with Crippen molar-refractivity contribution < 1.29 is 4.84 Å². The molecule has 2 aromatic carbocycles. The summed E-state index contributed by atoms with van der Waals surface area (Å²) in [7, 11) is 0. The molecule has 24 heavy (non-hydrogen) atoms. The molecule has 1 heterocycles. The predicted molar refractivity (Wildman–Crippen MR) is 95.3 cm³/mol. The van der Waals surface area contributed by atoms with Gasteiger partial charge in [-0.15, -0.1) is 0 Å². The number of nitrogens with zero attached hydrogens (tertiary/aromatic N) is 3. The zero-order valence-corrected chi connectivity index (χ0v) is 14.0. The van der Waals surface area contributed by atoms with E-state index in [1.165, 1.54) is 5.56 Å². The van der Waals surface area contributed by atoms with E-state index in [0.717, 1.165) is 17.0 Å². The molecule has 0 spiro atoms. The molecule has 0 saturated carbocycles. The summed E-state index contributed by atoms with van der Waals surface area (Å²) in [6.07, 6.45) is 2.26. The van der Waals surface area contributed by atoms with Crippen molar-refractivity contribution in [1.82, 2.24) is 15.2 Å². The van der Waals surface area contributed by atoms with Gasteiger partial charge >= 0.3 is 0 Å². The number of benzene rings is 2. The van der Waals surface area contributed by atoms with Crippen LogP contribution in [0.4, 0.5) is 0 Å². The minimum absolute atomic E-state index is 0.423. The summed E-state index contributed by atoms with van der Waals surface area (Å²) in [6, 6.07) is 15.5. The number of aryl methyl sites for hydroxylation is 1. The van der Waals surface area contributed by atoms with E-state index < -0.39 is 0 Å². The number of oxime groups is 1. The Morgan fingerprint density at radius 3 is 2.62 bits per heavy atom. The highest BCUT2D eigenvalue weighted by Gasteiger charge is 2.05. The fourth-order valence-corrected chi connectivity index (χ4v) is 2.21. The van der Waals surface area contributed by atoms with Crippen molar-refractivity contribution in [2.75, 3.05) is 6.61 Å². The zero-order valence-electron chi connectivity index (χ0n) is 13.2. The van der Waals surface area contributed by atoms with Crippen molar-refractivity contribution in [3.05, 3.63) is 70.5 Å². The standard InChI is InChI=1S/C18H17ClN4O/c1-13-2-6-15(7-3-13)18-21-17(22-23-18)10-11-24-20-12-14-4-8-16(19)9-5-14/h2-9,12H,10-11H2,1H3,(H,21,22,23)/b20-12+. The van der Waals surface area contributed by atoms with E-state index in [4.69, 9.17) is 16.4 Å². The Morgan fingerprint density at radius 2 is 1.88 bits per heavy atom. The van der Waals surface area contributed by atoms with E-state index in [-0.39, 0.29) is 0 Å². The summed E-state index contributed by atoms with van der Waals surface area (Å²) in [6.45, 7) is 2.47. The molecule has 1 aromatic heterocycles. The minimum atomic E-state index is 0.423. The molecule has 0 aliphatic rings. The van der Waals surface area contributed by atoms with E-state index in [1.54, 1.807) is 6.21 Å². The summed E-state index contributed by atoms with van der Waals surface area (Å²) >= 11 is 5.83. The van der Waals surface area contributed by atoms with Crippen LogP contribution in [0.1, 0.15) is 17.0 Å². The lowest BCUT2D eigenvalue weighted by molar-refractivity contribution is 0.148. The Hall–Kier alpha value is -2.66. The Labute approximate surface area is 145 Å². The third-order valence-electron chi connectivity index (χ3n) is 3.42. The second kappa shape index (κ2) is 7.75. The van der Waals surface area contributed by atoms with Crippen LogP contribution in [0.25, 0.3) is 11.4 Å². The molecule has 0 bridgehead atoms. The Bertz CT molecular complexity index is 810. The number of hydrogen-bond acceptors (Lipinski definition) is 4. The second-order valence-corrected chi connectivity index (χ2v) is 5.78. The predicted octanol–water partition coefficient (Wildman–Crippen LogP) is 4.03. The van der Waals surface area contributed by atoms with Gasteiger partial charge < -0.3 is 4.84 Å². The van der Waals surface area contributed by atoms with Gasteiger partial charge in [0.1, 0.15) is 12.4 Å². The molecule has 0 aliphatic heterocycles. The van der Waals surface area contributed by atoms with Crippen molar-refractivity contribution in [1.29, 1.82) is 0 Å². The minimum Gasteiger partial charge on any atom is -0.395 e. The van der Waals surface area contributed by atoms with Gasteiger partial charge in [-0.25, -0.2) is 4.98 Å². The van der Waals surface area contributed by atoms with Crippen LogP contribution < -0.4 is 0 Å². The molecule has 0 aliphatic carbocycles. The summed E-state index contributed by atoms with van der Waals surface area (Å²) < 4.78 is 0. The lowest BCUT2D eigenvalue weighted by Gasteiger charge is -1.97. The normalized spacial score (nSPS) is 11.1. The van der Waals surface area contributed by atoms with E-state index >= 15 is 0 Å². The molecule has 5 nitrogen and oxygen atoms in total. The number of halogens is 1. The van der Waals surface area contributed by atoms with Gasteiger partial charge in [0.25, 0.3) is 0 Å². The fraction of sp³-hybridized carbons (Fsp3) is 0.167. The van der Waals surface area contributed by atoms with Crippen LogP contribution in [0.15, 0.2) is 53.7 Å². The van der Waals surface area contributed by atoms with Crippen LogP contribution in [0.2, 0.25) is 5.02 Å². The van der Waals surface area contributed by atoms with Crippen molar-refractivity contribution in [3.8, 4) is 11.4 Å². The van der Waals surface area contributed by atoms with Gasteiger partial charge in [-0.2, -0.15) is 5.10 Å². The smallest absolute Gasteiger partial charge is 0.181 e. The Balaban J connectivity index is 1.49. The first-order chi connectivity index (χ1) is 11.7. The number of aromatic amines is 1. The van der Waals surface area contributed by atoms with Gasteiger partial charge in [0.2, 0.25) is 0 Å².